The summed E-state index contributed by atoms with van der Waals surface area (Å²) in [5.41, 5.74) is 0.792. The first-order chi connectivity index (χ1) is 15.2. The number of benzene rings is 1. The molecule has 0 spiro atoms. The van der Waals surface area contributed by atoms with Gasteiger partial charge in [-0.15, -0.1) is 0 Å². The number of fused-ring (bicyclic) bond motifs is 2. The molecule has 5 rings (SSSR count). The maximum atomic E-state index is 13.6. The van der Waals surface area contributed by atoms with Crippen LogP contribution in [0.3, 0.4) is 0 Å². The van der Waals surface area contributed by atoms with Gasteiger partial charge in [-0.3, -0.25) is 4.79 Å². The monoisotopic (exact) mass is 446 g/mol. The summed E-state index contributed by atoms with van der Waals surface area (Å²) < 4.78 is 55.2. The van der Waals surface area contributed by atoms with Crippen molar-refractivity contribution in [3.8, 4) is 0 Å². The Morgan fingerprint density at radius 3 is 2.78 bits per heavy atom. The summed E-state index contributed by atoms with van der Waals surface area (Å²) in [6, 6.07) is 6.50. The maximum Gasteiger partial charge on any atom is 0.433 e. The van der Waals surface area contributed by atoms with Crippen LogP contribution in [0, 0.1) is 12.7 Å². The number of hydrogen-bond acceptors (Lipinski definition) is 4. The van der Waals surface area contributed by atoms with E-state index in [9.17, 15) is 22.4 Å². The molecule has 0 bridgehead atoms. The first-order valence-electron chi connectivity index (χ1n) is 10.1. The molecule has 1 N–H and O–H groups in total. The van der Waals surface area contributed by atoms with Gasteiger partial charge in [-0.25, -0.2) is 18.9 Å². The molecule has 3 aromatic heterocycles. The summed E-state index contributed by atoms with van der Waals surface area (Å²) in [5.74, 6) is -1.13. The van der Waals surface area contributed by atoms with Gasteiger partial charge in [-0.2, -0.15) is 18.3 Å². The van der Waals surface area contributed by atoms with Gasteiger partial charge in [0.25, 0.3) is 5.91 Å². The number of alkyl halides is 3. The van der Waals surface area contributed by atoms with E-state index in [4.69, 9.17) is 0 Å². The fourth-order valence-electron chi connectivity index (χ4n) is 4.16. The van der Waals surface area contributed by atoms with Gasteiger partial charge in [0.1, 0.15) is 11.5 Å². The summed E-state index contributed by atoms with van der Waals surface area (Å²) >= 11 is 0. The molecule has 1 aliphatic heterocycles. The molecule has 166 valence electrons. The second-order valence-corrected chi connectivity index (χ2v) is 7.96. The molecule has 4 aromatic rings. The number of carbonyl (C=O) groups excluding carboxylic acids is 1. The van der Waals surface area contributed by atoms with Crippen molar-refractivity contribution in [2.75, 3.05) is 13.1 Å². The fraction of sp³-hybridized carbons (Fsp3) is 0.333. The second-order valence-electron chi connectivity index (χ2n) is 7.96. The van der Waals surface area contributed by atoms with E-state index in [1.165, 1.54) is 24.3 Å². The first kappa shape index (κ1) is 20.4. The quantitative estimate of drug-likeness (QED) is 0.471. The standard InChI is InChI=1S/C21H18F4N6O/c1-11-7-18-26-15(9-17(21(23,24)25)31(18)29-11)12-3-2-6-30(10-12)20(32)19-27-14-5-4-13(22)8-16(14)28-19/h4-5,7-9,12H,2-3,6,10H2,1H3,(H,27,28). The van der Waals surface area contributed by atoms with Crippen LogP contribution in [-0.2, 0) is 6.18 Å². The topological polar surface area (TPSA) is 79.2 Å². The highest BCUT2D eigenvalue weighted by atomic mass is 19.4. The number of aryl methyl sites for hydroxylation is 1. The number of rotatable bonds is 2. The molecule has 1 fully saturated rings. The Kier molecular flexibility index (Phi) is 4.64. The zero-order valence-electron chi connectivity index (χ0n) is 16.9. The van der Waals surface area contributed by atoms with Crippen LogP contribution >= 0.6 is 0 Å². The number of H-pyrrole nitrogens is 1. The number of nitrogens with zero attached hydrogens (tertiary/aromatic N) is 5. The number of carbonyl (C=O) groups is 1. The maximum absolute atomic E-state index is 13.6. The molecule has 1 unspecified atom stereocenters. The number of piperidine rings is 1. The van der Waals surface area contributed by atoms with Crippen molar-refractivity contribution < 1.29 is 22.4 Å². The molecule has 1 saturated heterocycles. The van der Waals surface area contributed by atoms with E-state index in [2.05, 4.69) is 20.1 Å². The van der Waals surface area contributed by atoms with Crippen molar-refractivity contribution >= 4 is 22.6 Å². The van der Waals surface area contributed by atoms with Gasteiger partial charge in [-0.05, 0) is 44.0 Å². The van der Waals surface area contributed by atoms with E-state index in [0.717, 1.165) is 10.6 Å². The summed E-state index contributed by atoms with van der Waals surface area (Å²) in [7, 11) is 0. The lowest BCUT2D eigenvalue weighted by Crippen LogP contribution is -2.40. The van der Waals surface area contributed by atoms with E-state index in [0.29, 0.717) is 36.1 Å². The molecule has 1 aliphatic rings. The summed E-state index contributed by atoms with van der Waals surface area (Å²) in [5, 5.41) is 3.91. The smallest absolute Gasteiger partial charge is 0.335 e. The summed E-state index contributed by atoms with van der Waals surface area (Å²) in [6.07, 6.45) is -3.39. The molecule has 4 heterocycles. The first-order valence-corrected chi connectivity index (χ1v) is 10.1. The van der Waals surface area contributed by atoms with Crippen LogP contribution < -0.4 is 0 Å². The number of halogens is 4. The van der Waals surface area contributed by atoms with Crippen molar-refractivity contribution in [3.05, 3.63) is 59.1 Å². The number of amides is 1. The molecule has 1 aromatic carbocycles. The molecule has 7 nitrogen and oxygen atoms in total. The molecule has 0 saturated carbocycles. The predicted molar refractivity (Wildman–Crippen MR) is 107 cm³/mol. The third kappa shape index (κ3) is 3.57. The predicted octanol–water partition coefficient (Wildman–Crippen LogP) is 4.09. The molecule has 1 amide bonds. The van der Waals surface area contributed by atoms with E-state index >= 15 is 0 Å². The SMILES string of the molecule is Cc1cc2nc(C3CCCN(C(=O)c4nc5ccc(F)cc5[nH]4)C3)cc(C(F)(F)F)n2n1. The zero-order valence-corrected chi connectivity index (χ0v) is 16.9. The minimum Gasteiger partial charge on any atom is -0.335 e. The molecule has 0 radical (unpaired) electrons. The third-order valence-corrected chi connectivity index (χ3v) is 5.63. The van der Waals surface area contributed by atoms with E-state index in [1.54, 1.807) is 11.8 Å². The van der Waals surface area contributed by atoms with Crippen molar-refractivity contribution in [1.29, 1.82) is 0 Å². The average Bonchev–Trinajstić information content (AvgIpc) is 3.33. The minimum atomic E-state index is -4.60. The van der Waals surface area contributed by atoms with Crippen LogP contribution in [0.1, 0.15) is 46.5 Å². The van der Waals surface area contributed by atoms with Crippen molar-refractivity contribution in [3.63, 3.8) is 0 Å². The second kappa shape index (κ2) is 7.28. The van der Waals surface area contributed by atoms with Gasteiger partial charge < -0.3 is 9.88 Å². The van der Waals surface area contributed by atoms with Crippen LogP contribution in [-0.4, -0.2) is 48.5 Å². The van der Waals surface area contributed by atoms with Crippen LogP contribution in [0.4, 0.5) is 17.6 Å². The highest BCUT2D eigenvalue weighted by Gasteiger charge is 2.36. The number of aromatic amines is 1. The molecule has 11 heteroatoms. The fourth-order valence-corrected chi connectivity index (χ4v) is 4.16. The van der Waals surface area contributed by atoms with Gasteiger partial charge in [0.15, 0.2) is 11.5 Å². The van der Waals surface area contributed by atoms with Gasteiger partial charge >= 0.3 is 6.18 Å². The van der Waals surface area contributed by atoms with Crippen LogP contribution in [0.25, 0.3) is 16.7 Å². The van der Waals surface area contributed by atoms with Gasteiger partial charge in [0, 0.05) is 30.8 Å². The lowest BCUT2D eigenvalue weighted by molar-refractivity contribution is -0.142. The van der Waals surface area contributed by atoms with Gasteiger partial charge in [-0.1, -0.05) is 0 Å². The highest BCUT2D eigenvalue weighted by Crippen LogP contribution is 2.34. The highest BCUT2D eigenvalue weighted by molar-refractivity contribution is 5.94. The Bertz CT molecular complexity index is 1340. The Morgan fingerprint density at radius 1 is 1.19 bits per heavy atom. The van der Waals surface area contributed by atoms with Crippen LogP contribution in [0.5, 0.6) is 0 Å². The molecular formula is C21H18F4N6O. The average molecular weight is 446 g/mol. The number of hydrogen-bond donors (Lipinski definition) is 1. The van der Waals surface area contributed by atoms with Gasteiger partial charge in [0.2, 0.25) is 0 Å². The van der Waals surface area contributed by atoms with Crippen molar-refractivity contribution in [2.24, 2.45) is 0 Å². The van der Waals surface area contributed by atoms with Crippen LogP contribution in [0.2, 0.25) is 0 Å². The van der Waals surface area contributed by atoms with Crippen molar-refractivity contribution in [2.45, 2.75) is 31.9 Å². The molecule has 0 aliphatic carbocycles. The Balaban J connectivity index is 1.45. The summed E-state index contributed by atoms with van der Waals surface area (Å²) in [6.45, 7) is 2.26. The zero-order chi connectivity index (χ0) is 22.6. The number of aromatic nitrogens is 5. The Labute approximate surface area is 179 Å². The molecule has 32 heavy (non-hydrogen) atoms. The Hall–Kier alpha value is -3.50. The van der Waals surface area contributed by atoms with E-state index in [-0.39, 0.29) is 35.5 Å². The normalized spacial score (nSPS) is 17.4. The molecular weight excluding hydrogens is 428 g/mol. The largest absolute Gasteiger partial charge is 0.433 e. The lowest BCUT2D eigenvalue weighted by atomic mass is 9.94. The van der Waals surface area contributed by atoms with Crippen LogP contribution in [0.15, 0.2) is 30.3 Å². The lowest BCUT2D eigenvalue weighted by Gasteiger charge is -2.32. The number of likely N-dealkylation sites (tertiary alicyclic amines) is 1. The number of imidazole rings is 1. The minimum absolute atomic E-state index is 0.0667. The molecule has 1 atom stereocenters. The van der Waals surface area contributed by atoms with E-state index < -0.39 is 17.7 Å². The third-order valence-electron chi connectivity index (χ3n) is 5.63. The van der Waals surface area contributed by atoms with Gasteiger partial charge in [0.05, 0.1) is 16.7 Å². The summed E-state index contributed by atoms with van der Waals surface area (Å²) in [4.78, 5) is 26.0. The van der Waals surface area contributed by atoms with Crippen molar-refractivity contribution in [1.82, 2.24) is 29.5 Å². The number of nitrogens with one attached hydrogen (secondary N) is 1. The Morgan fingerprint density at radius 2 is 2.00 bits per heavy atom. The van der Waals surface area contributed by atoms with E-state index in [1.807, 2.05) is 0 Å².